The Balaban J connectivity index is 2.07. The lowest BCUT2D eigenvalue weighted by atomic mass is 9.96. The van der Waals surface area contributed by atoms with Gasteiger partial charge in [0.05, 0.1) is 12.4 Å². The van der Waals surface area contributed by atoms with E-state index < -0.39 is 17.9 Å². The SMILES string of the molecule is CC[C@H]1O[C@@H](n2cnc3c(=O)[nH]c(N)nc32)[C@H](O)[C@@H]1CN. The van der Waals surface area contributed by atoms with E-state index in [-0.39, 0.29) is 29.1 Å². The number of nitrogens with two attached hydrogens (primary N) is 2. The number of rotatable bonds is 3. The van der Waals surface area contributed by atoms with Gasteiger partial charge >= 0.3 is 0 Å². The lowest BCUT2D eigenvalue weighted by molar-refractivity contribution is -0.0355. The van der Waals surface area contributed by atoms with Crippen molar-refractivity contribution >= 4 is 17.1 Å². The molecular formula is C12H18N6O3. The highest BCUT2D eigenvalue weighted by Gasteiger charge is 2.43. The Morgan fingerprint density at radius 2 is 2.33 bits per heavy atom. The van der Waals surface area contributed by atoms with Crippen LogP contribution in [0.1, 0.15) is 19.6 Å². The van der Waals surface area contributed by atoms with E-state index in [1.165, 1.54) is 10.9 Å². The summed E-state index contributed by atoms with van der Waals surface area (Å²) in [5, 5.41) is 10.4. The van der Waals surface area contributed by atoms with Crippen LogP contribution in [0.4, 0.5) is 5.95 Å². The standard InChI is InChI=1S/C12H18N6O3/c1-2-6-5(3-13)8(19)11(21-6)18-4-15-7-9(18)16-12(14)17-10(7)20/h4-6,8,11,19H,2-3,13H2,1H3,(H3,14,16,17,20)/t5-,6-,8-,11-/m1/s1. The number of anilines is 1. The van der Waals surface area contributed by atoms with Crippen molar-refractivity contribution in [3.05, 3.63) is 16.7 Å². The van der Waals surface area contributed by atoms with E-state index >= 15 is 0 Å². The number of nitrogens with zero attached hydrogens (tertiary/aromatic N) is 3. The van der Waals surface area contributed by atoms with Crippen molar-refractivity contribution in [2.45, 2.75) is 31.8 Å². The lowest BCUT2D eigenvalue weighted by Crippen LogP contribution is -2.32. The molecule has 1 aliphatic rings. The highest BCUT2D eigenvalue weighted by atomic mass is 16.5. The van der Waals surface area contributed by atoms with Gasteiger partial charge in [0.25, 0.3) is 5.56 Å². The quantitative estimate of drug-likeness (QED) is 0.564. The lowest BCUT2D eigenvalue weighted by Gasteiger charge is -2.17. The summed E-state index contributed by atoms with van der Waals surface area (Å²) in [7, 11) is 0. The van der Waals surface area contributed by atoms with Crippen LogP contribution >= 0.6 is 0 Å². The second-order valence-corrected chi connectivity index (χ2v) is 5.14. The van der Waals surface area contributed by atoms with Crippen molar-refractivity contribution in [1.82, 2.24) is 19.5 Å². The Labute approximate surface area is 119 Å². The molecule has 6 N–H and O–H groups in total. The highest BCUT2D eigenvalue weighted by Crippen LogP contribution is 2.35. The molecule has 0 saturated carbocycles. The molecule has 2 aromatic heterocycles. The van der Waals surface area contributed by atoms with E-state index in [2.05, 4.69) is 15.0 Å². The summed E-state index contributed by atoms with van der Waals surface area (Å²) >= 11 is 0. The fraction of sp³-hybridized carbons (Fsp3) is 0.583. The number of ether oxygens (including phenoxy) is 1. The molecule has 1 aliphatic heterocycles. The van der Waals surface area contributed by atoms with Gasteiger partial charge in [-0.3, -0.25) is 14.3 Å². The van der Waals surface area contributed by atoms with Crippen molar-refractivity contribution in [2.24, 2.45) is 11.7 Å². The molecule has 9 nitrogen and oxygen atoms in total. The molecule has 0 aromatic carbocycles. The van der Waals surface area contributed by atoms with E-state index in [1.807, 2.05) is 6.92 Å². The third-order valence-electron chi connectivity index (χ3n) is 3.92. The number of hydrogen-bond acceptors (Lipinski definition) is 7. The third kappa shape index (κ3) is 2.09. The largest absolute Gasteiger partial charge is 0.388 e. The van der Waals surface area contributed by atoms with E-state index in [1.54, 1.807) is 0 Å². The first-order valence-corrected chi connectivity index (χ1v) is 6.82. The fourth-order valence-electron chi connectivity index (χ4n) is 2.84. The maximum atomic E-state index is 11.8. The molecular weight excluding hydrogens is 276 g/mol. The van der Waals surface area contributed by atoms with Gasteiger partial charge in [-0.25, -0.2) is 4.98 Å². The predicted molar refractivity (Wildman–Crippen MR) is 75.3 cm³/mol. The van der Waals surface area contributed by atoms with E-state index in [0.717, 1.165) is 6.42 Å². The monoisotopic (exact) mass is 294 g/mol. The van der Waals surface area contributed by atoms with Gasteiger partial charge in [-0.1, -0.05) is 6.92 Å². The van der Waals surface area contributed by atoms with Gasteiger partial charge < -0.3 is 21.3 Å². The molecule has 0 radical (unpaired) electrons. The maximum Gasteiger partial charge on any atom is 0.280 e. The minimum absolute atomic E-state index is 0.0100. The van der Waals surface area contributed by atoms with Gasteiger partial charge in [0, 0.05) is 12.5 Å². The zero-order valence-electron chi connectivity index (χ0n) is 11.6. The Morgan fingerprint density at radius 3 is 2.95 bits per heavy atom. The number of aliphatic hydroxyl groups is 1. The molecule has 3 rings (SSSR count). The number of hydrogen-bond donors (Lipinski definition) is 4. The van der Waals surface area contributed by atoms with Crippen molar-refractivity contribution in [1.29, 1.82) is 0 Å². The molecule has 3 heterocycles. The Morgan fingerprint density at radius 1 is 1.57 bits per heavy atom. The maximum absolute atomic E-state index is 11.8. The first kappa shape index (κ1) is 14.0. The summed E-state index contributed by atoms with van der Waals surface area (Å²) in [6, 6.07) is 0. The number of aromatic nitrogens is 4. The first-order chi connectivity index (χ1) is 10.1. The van der Waals surface area contributed by atoms with E-state index in [9.17, 15) is 9.90 Å². The predicted octanol–water partition coefficient (Wildman–Crippen LogP) is -1.05. The van der Waals surface area contributed by atoms with Crippen LogP contribution in [-0.4, -0.2) is 43.4 Å². The zero-order valence-corrected chi connectivity index (χ0v) is 11.6. The highest BCUT2D eigenvalue weighted by molar-refractivity contribution is 5.70. The molecule has 9 heteroatoms. The van der Waals surface area contributed by atoms with Crippen LogP contribution in [0.3, 0.4) is 0 Å². The van der Waals surface area contributed by atoms with Gasteiger partial charge in [0.15, 0.2) is 17.4 Å². The Kier molecular flexibility index (Phi) is 3.40. The van der Waals surface area contributed by atoms with Crippen molar-refractivity contribution < 1.29 is 9.84 Å². The number of H-pyrrole nitrogens is 1. The summed E-state index contributed by atoms with van der Waals surface area (Å²) in [5.41, 5.74) is 11.3. The van der Waals surface area contributed by atoms with E-state index in [4.69, 9.17) is 16.2 Å². The molecule has 4 atom stereocenters. The van der Waals surface area contributed by atoms with Crippen LogP contribution < -0.4 is 17.0 Å². The van der Waals surface area contributed by atoms with Gasteiger partial charge in [0.2, 0.25) is 5.95 Å². The molecule has 2 aromatic rings. The van der Waals surface area contributed by atoms with Crippen LogP contribution in [0, 0.1) is 5.92 Å². The average Bonchev–Trinajstić information content (AvgIpc) is 2.99. The third-order valence-corrected chi connectivity index (χ3v) is 3.92. The van der Waals surface area contributed by atoms with Crippen LogP contribution in [-0.2, 0) is 4.74 Å². The minimum Gasteiger partial charge on any atom is -0.388 e. The van der Waals surface area contributed by atoms with Crippen molar-refractivity contribution in [3.8, 4) is 0 Å². The smallest absolute Gasteiger partial charge is 0.280 e. The molecule has 114 valence electrons. The molecule has 21 heavy (non-hydrogen) atoms. The van der Waals surface area contributed by atoms with E-state index in [0.29, 0.717) is 6.54 Å². The average molecular weight is 294 g/mol. The van der Waals surface area contributed by atoms with Gasteiger partial charge in [-0.2, -0.15) is 4.98 Å². The number of imidazole rings is 1. The fourth-order valence-corrected chi connectivity index (χ4v) is 2.84. The molecule has 0 amide bonds. The number of nitrogens with one attached hydrogen (secondary N) is 1. The van der Waals surface area contributed by atoms with Gasteiger partial charge in [0.1, 0.15) is 6.10 Å². The second-order valence-electron chi connectivity index (χ2n) is 5.14. The molecule has 0 aliphatic carbocycles. The van der Waals surface area contributed by atoms with Crippen molar-refractivity contribution in [2.75, 3.05) is 12.3 Å². The molecule has 0 bridgehead atoms. The van der Waals surface area contributed by atoms with Crippen LogP contribution in [0.2, 0.25) is 0 Å². The zero-order chi connectivity index (χ0) is 15.1. The summed E-state index contributed by atoms with van der Waals surface area (Å²) in [4.78, 5) is 22.3. The Hall–Kier alpha value is -1.97. The molecule has 1 fully saturated rings. The normalized spacial score (nSPS) is 29.3. The first-order valence-electron chi connectivity index (χ1n) is 6.82. The molecule has 1 saturated heterocycles. The number of nitrogen functional groups attached to an aromatic ring is 1. The van der Waals surface area contributed by atoms with Gasteiger partial charge in [-0.05, 0) is 6.42 Å². The second kappa shape index (κ2) is 5.10. The number of aliphatic hydroxyl groups excluding tert-OH is 1. The topological polar surface area (TPSA) is 145 Å². The summed E-state index contributed by atoms with van der Waals surface area (Å²) in [6.45, 7) is 2.29. The van der Waals surface area contributed by atoms with Crippen LogP contribution in [0.15, 0.2) is 11.1 Å². The number of aromatic amines is 1. The summed E-state index contributed by atoms with van der Waals surface area (Å²) in [6.07, 6.45) is 0.540. The Bertz CT molecular complexity index is 711. The van der Waals surface area contributed by atoms with Crippen molar-refractivity contribution in [3.63, 3.8) is 0 Å². The summed E-state index contributed by atoms with van der Waals surface area (Å²) in [5.74, 6) is -0.180. The summed E-state index contributed by atoms with van der Waals surface area (Å²) < 4.78 is 7.39. The number of fused-ring (bicyclic) bond motifs is 1. The van der Waals surface area contributed by atoms with Crippen LogP contribution in [0.25, 0.3) is 11.2 Å². The van der Waals surface area contributed by atoms with Gasteiger partial charge in [-0.15, -0.1) is 0 Å². The van der Waals surface area contributed by atoms with Crippen LogP contribution in [0.5, 0.6) is 0 Å². The molecule has 0 unspecified atom stereocenters. The minimum atomic E-state index is -0.792. The molecule has 0 spiro atoms.